The van der Waals surface area contributed by atoms with Gasteiger partial charge in [0.2, 0.25) is 11.8 Å². The highest BCUT2D eigenvalue weighted by Gasteiger charge is 2.49. The first-order valence-electron chi connectivity index (χ1n) is 8.56. The normalized spacial score (nSPS) is 22.8. The summed E-state index contributed by atoms with van der Waals surface area (Å²) >= 11 is 0. The Bertz CT molecular complexity index is 876. The zero-order chi connectivity index (χ0) is 20.5. The SMILES string of the molecule is NC(=O)C(Cc1ccccc1)NC(=O)[C@@H]1CC[C@@H]2CN1C(=O)N2OS(=O)(=O)O. The summed E-state index contributed by atoms with van der Waals surface area (Å²) in [5.74, 6) is -1.28. The number of fused-ring (bicyclic) bond motifs is 2. The van der Waals surface area contributed by atoms with E-state index >= 15 is 0 Å². The number of hydroxylamine groups is 2. The number of nitrogens with zero attached hydrogens (tertiary/aromatic N) is 2. The quantitative estimate of drug-likeness (QED) is 0.494. The van der Waals surface area contributed by atoms with E-state index in [1.165, 1.54) is 0 Å². The molecule has 3 rings (SSSR count). The summed E-state index contributed by atoms with van der Waals surface area (Å²) in [5.41, 5.74) is 6.21. The van der Waals surface area contributed by atoms with Crippen LogP contribution >= 0.6 is 0 Å². The number of urea groups is 1. The second kappa shape index (κ2) is 7.73. The number of nitrogens with two attached hydrogens (primary N) is 1. The molecular formula is C16H20N4O7S. The third-order valence-corrected chi connectivity index (χ3v) is 5.09. The van der Waals surface area contributed by atoms with Gasteiger partial charge in [-0.1, -0.05) is 30.3 Å². The van der Waals surface area contributed by atoms with Gasteiger partial charge in [-0.15, -0.1) is 4.28 Å². The van der Waals surface area contributed by atoms with E-state index in [9.17, 15) is 22.8 Å². The molecule has 11 nitrogen and oxygen atoms in total. The molecule has 0 aromatic heterocycles. The Labute approximate surface area is 161 Å². The molecule has 28 heavy (non-hydrogen) atoms. The second-order valence-electron chi connectivity index (χ2n) is 6.66. The van der Waals surface area contributed by atoms with E-state index in [1.54, 1.807) is 24.3 Å². The van der Waals surface area contributed by atoms with Gasteiger partial charge < -0.3 is 16.0 Å². The van der Waals surface area contributed by atoms with Gasteiger partial charge in [0.05, 0.1) is 6.04 Å². The van der Waals surface area contributed by atoms with Gasteiger partial charge in [0.1, 0.15) is 12.1 Å². The number of piperidine rings is 1. The Morgan fingerprint density at radius 3 is 2.57 bits per heavy atom. The van der Waals surface area contributed by atoms with Crippen molar-refractivity contribution < 1.29 is 31.6 Å². The van der Waals surface area contributed by atoms with E-state index in [2.05, 4.69) is 9.60 Å². The highest BCUT2D eigenvalue weighted by Crippen LogP contribution is 2.30. The number of carbonyl (C=O) groups is 3. The number of carbonyl (C=O) groups excluding carboxylic acids is 3. The molecule has 2 heterocycles. The van der Waals surface area contributed by atoms with E-state index in [1.807, 2.05) is 6.07 Å². The summed E-state index contributed by atoms with van der Waals surface area (Å²) in [5, 5.41) is 3.12. The van der Waals surface area contributed by atoms with Crippen LogP contribution in [-0.2, 0) is 30.7 Å². The van der Waals surface area contributed by atoms with Crippen molar-refractivity contribution in [2.75, 3.05) is 6.54 Å². The lowest BCUT2D eigenvalue weighted by molar-refractivity contribution is -0.130. The minimum Gasteiger partial charge on any atom is -0.368 e. The molecule has 2 aliphatic rings. The van der Waals surface area contributed by atoms with Gasteiger partial charge in [0.15, 0.2) is 0 Å². The number of hydrogen-bond donors (Lipinski definition) is 3. The number of hydrogen-bond acceptors (Lipinski definition) is 6. The van der Waals surface area contributed by atoms with E-state index in [0.717, 1.165) is 10.5 Å². The van der Waals surface area contributed by atoms with Gasteiger partial charge in [-0.25, -0.2) is 4.79 Å². The van der Waals surface area contributed by atoms with Gasteiger partial charge in [-0.3, -0.25) is 14.1 Å². The molecule has 152 valence electrons. The van der Waals surface area contributed by atoms with Gasteiger partial charge >= 0.3 is 16.4 Å². The molecule has 2 aliphatic heterocycles. The molecule has 1 aromatic carbocycles. The predicted molar refractivity (Wildman–Crippen MR) is 94.7 cm³/mol. The van der Waals surface area contributed by atoms with Crippen LogP contribution < -0.4 is 11.1 Å². The highest BCUT2D eigenvalue weighted by molar-refractivity contribution is 7.80. The fourth-order valence-corrected chi connectivity index (χ4v) is 3.83. The molecule has 4 amide bonds. The molecule has 3 atom stereocenters. The van der Waals surface area contributed by atoms with E-state index in [4.69, 9.17) is 10.3 Å². The van der Waals surface area contributed by atoms with Crippen molar-refractivity contribution in [2.24, 2.45) is 5.73 Å². The maximum absolute atomic E-state index is 12.7. The summed E-state index contributed by atoms with van der Waals surface area (Å²) in [7, 11) is -4.86. The maximum atomic E-state index is 12.7. The van der Waals surface area contributed by atoms with Gasteiger partial charge in [0, 0.05) is 13.0 Å². The first-order chi connectivity index (χ1) is 13.2. The smallest absolute Gasteiger partial charge is 0.368 e. The van der Waals surface area contributed by atoms with Crippen LogP contribution in [0.2, 0.25) is 0 Å². The third kappa shape index (κ3) is 4.40. The van der Waals surface area contributed by atoms with E-state index < -0.39 is 46.4 Å². The average Bonchev–Trinajstić information content (AvgIpc) is 2.85. The minimum absolute atomic E-state index is 0.0619. The van der Waals surface area contributed by atoms with Crippen molar-refractivity contribution in [1.82, 2.24) is 15.3 Å². The topological polar surface area (TPSA) is 159 Å². The van der Waals surface area contributed by atoms with Crippen LogP contribution in [0.3, 0.4) is 0 Å². The van der Waals surface area contributed by atoms with Crippen molar-refractivity contribution in [3.05, 3.63) is 35.9 Å². The van der Waals surface area contributed by atoms with E-state index in [0.29, 0.717) is 5.06 Å². The molecule has 12 heteroatoms. The first kappa shape index (κ1) is 20.0. The summed E-state index contributed by atoms with van der Waals surface area (Å²) in [6.07, 6.45) is 0.726. The molecule has 2 bridgehead atoms. The van der Waals surface area contributed by atoms with Crippen LogP contribution in [0, 0.1) is 0 Å². The van der Waals surface area contributed by atoms with Crippen molar-refractivity contribution in [2.45, 2.75) is 37.4 Å². The Morgan fingerprint density at radius 1 is 1.29 bits per heavy atom. The Morgan fingerprint density at radius 2 is 1.96 bits per heavy atom. The predicted octanol–water partition coefficient (Wildman–Crippen LogP) is -0.798. The molecule has 4 N–H and O–H groups in total. The Kier molecular flexibility index (Phi) is 5.54. The van der Waals surface area contributed by atoms with Gasteiger partial charge in [0.25, 0.3) is 0 Å². The van der Waals surface area contributed by atoms with Crippen LogP contribution in [0.4, 0.5) is 4.79 Å². The molecule has 2 saturated heterocycles. The molecule has 0 spiro atoms. The highest BCUT2D eigenvalue weighted by atomic mass is 32.3. The lowest BCUT2D eigenvalue weighted by atomic mass is 9.99. The van der Waals surface area contributed by atoms with Crippen LogP contribution in [0.5, 0.6) is 0 Å². The van der Waals surface area contributed by atoms with Crippen molar-refractivity contribution in [3.63, 3.8) is 0 Å². The van der Waals surface area contributed by atoms with Gasteiger partial charge in [-0.05, 0) is 18.4 Å². The summed E-state index contributed by atoms with van der Waals surface area (Å²) in [6, 6.07) is 5.68. The summed E-state index contributed by atoms with van der Waals surface area (Å²) in [4.78, 5) is 38.0. The van der Waals surface area contributed by atoms with E-state index in [-0.39, 0.29) is 25.8 Å². The van der Waals surface area contributed by atoms with Crippen LogP contribution in [0.15, 0.2) is 30.3 Å². The zero-order valence-electron chi connectivity index (χ0n) is 14.7. The Hall–Kier alpha value is -2.70. The maximum Gasteiger partial charge on any atom is 0.418 e. The standard InChI is InChI=1S/C16H20N4O7S/c17-14(21)12(8-10-4-2-1-3-5-10)18-15(22)13-7-6-11-9-19(13)16(23)20(11)27-28(24,25)26/h1-5,11-13H,6-9H2,(H2,17,21)(H,18,22)(H,24,25,26)/t11-,12?,13+/m1/s1. The number of primary amides is 1. The molecule has 2 fully saturated rings. The summed E-state index contributed by atoms with van der Waals surface area (Å²) < 4.78 is 35.0. The third-order valence-electron chi connectivity index (χ3n) is 4.74. The number of amides is 4. The molecule has 0 radical (unpaired) electrons. The van der Waals surface area contributed by atoms with Crippen LogP contribution in [0.1, 0.15) is 18.4 Å². The Balaban J connectivity index is 1.69. The fraction of sp³-hybridized carbons (Fsp3) is 0.438. The lowest BCUT2D eigenvalue weighted by Crippen LogP contribution is -2.55. The lowest BCUT2D eigenvalue weighted by Gasteiger charge is -2.30. The largest absolute Gasteiger partial charge is 0.418 e. The molecule has 0 aliphatic carbocycles. The number of rotatable bonds is 7. The average molecular weight is 412 g/mol. The van der Waals surface area contributed by atoms with Gasteiger partial charge in [-0.2, -0.15) is 13.5 Å². The zero-order valence-corrected chi connectivity index (χ0v) is 15.5. The molecule has 0 saturated carbocycles. The second-order valence-corrected chi connectivity index (χ2v) is 7.67. The minimum atomic E-state index is -4.86. The molecule has 1 unspecified atom stereocenters. The van der Waals surface area contributed by atoms with Crippen molar-refractivity contribution >= 4 is 28.2 Å². The van der Waals surface area contributed by atoms with Crippen molar-refractivity contribution in [3.8, 4) is 0 Å². The fourth-order valence-electron chi connectivity index (χ4n) is 3.44. The van der Waals surface area contributed by atoms with Crippen LogP contribution in [-0.4, -0.2) is 65.4 Å². The monoisotopic (exact) mass is 412 g/mol. The number of benzene rings is 1. The molecular weight excluding hydrogens is 392 g/mol. The number of nitrogens with one attached hydrogen (secondary N) is 1. The molecule has 1 aromatic rings. The first-order valence-corrected chi connectivity index (χ1v) is 9.92. The summed E-state index contributed by atoms with van der Waals surface area (Å²) in [6.45, 7) is 0.0619. The van der Waals surface area contributed by atoms with Crippen LogP contribution in [0.25, 0.3) is 0 Å². The van der Waals surface area contributed by atoms with Crippen molar-refractivity contribution in [1.29, 1.82) is 0 Å².